The van der Waals surface area contributed by atoms with Gasteiger partial charge in [0.05, 0.1) is 29.2 Å². The van der Waals surface area contributed by atoms with Crippen molar-refractivity contribution in [2.45, 2.75) is 42.4 Å². The average molecular weight is 597 g/mol. The first kappa shape index (κ1) is 30.4. The number of sulfone groups is 1. The van der Waals surface area contributed by atoms with Crippen molar-refractivity contribution in [1.82, 2.24) is 14.5 Å². The van der Waals surface area contributed by atoms with Crippen LogP contribution in [-0.2, 0) is 25.9 Å². The molecular formula is C29H26F2N4O6S. The maximum absolute atomic E-state index is 14.2. The molecule has 2 aromatic heterocycles. The fraction of sp³-hybridized carbons (Fsp3) is 0.241. The number of aromatic hydroxyl groups is 1. The zero-order valence-electron chi connectivity index (χ0n) is 22.8. The molecular weight excluding hydrogens is 570 g/mol. The van der Waals surface area contributed by atoms with Crippen LogP contribution < -0.4 is 5.56 Å². The van der Waals surface area contributed by atoms with Gasteiger partial charge in [-0.25, -0.2) is 17.2 Å². The number of pyridine rings is 1. The summed E-state index contributed by atoms with van der Waals surface area (Å²) in [6.45, 7) is 2.79. The molecule has 10 nitrogen and oxygen atoms in total. The van der Waals surface area contributed by atoms with Gasteiger partial charge in [0.25, 0.3) is 5.56 Å². The van der Waals surface area contributed by atoms with E-state index < -0.39 is 43.8 Å². The molecule has 42 heavy (non-hydrogen) atoms. The summed E-state index contributed by atoms with van der Waals surface area (Å²) in [7, 11) is -3.39. The van der Waals surface area contributed by atoms with Crippen LogP contribution in [0, 0.1) is 23.0 Å². The van der Waals surface area contributed by atoms with E-state index in [9.17, 15) is 32.4 Å². The lowest BCUT2D eigenvalue weighted by molar-refractivity contribution is 0.0557. The van der Waals surface area contributed by atoms with Crippen LogP contribution >= 0.6 is 0 Å². The molecule has 1 N–H and O–H groups in total. The molecule has 0 spiro atoms. The Morgan fingerprint density at radius 1 is 1.10 bits per heavy atom. The predicted molar refractivity (Wildman–Crippen MR) is 146 cm³/mol. The van der Waals surface area contributed by atoms with Crippen molar-refractivity contribution in [3.05, 3.63) is 99.9 Å². The van der Waals surface area contributed by atoms with Crippen LogP contribution in [0.5, 0.6) is 5.88 Å². The first-order valence-electron chi connectivity index (χ1n) is 12.6. The highest BCUT2D eigenvalue weighted by Gasteiger charge is 2.32. The van der Waals surface area contributed by atoms with Crippen LogP contribution in [0.2, 0.25) is 0 Å². The summed E-state index contributed by atoms with van der Waals surface area (Å²) >= 11 is 0. The molecule has 0 saturated carbocycles. The van der Waals surface area contributed by atoms with Gasteiger partial charge in [-0.3, -0.25) is 14.3 Å². The second-order valence-corrected chi connectivity index (χ2v) is 11.3. The minimum Gasteiger partial charge on any atom is -0.492 e. The second-order valence-electron chi connectivity index (χ2n) is 9.45. The van der Waals surface area contributed by atoms with Crippen molar-refractivity contribution in [3.63, 3.8) is 0 Å². The largest absolute Gasteiger partial charge is 0.492 e. The smallest absolute Gasteiger partial charge is 0.277 e. The van der Waals surface area contributed by atoms with Gasteiger partial charge < -0.3 is 14.6 Å². The Bertz CT molecular complexity index is 1800. The first-order chi connectivity index (χ1) is 20.0. The Kier molecular flexibility index (Phi) is 9.11. The molecule has 0 amide bonds. The highest BCUT2D eigenvalue weighted by Crippen LogP contribution is 2.30. The third-order valence-electron chi connectivity index (χ3n) is 6.27. The van der Waals surface area contributed by atoms with E-state index >= 15 is 0 Å². The number of aromatic nitrogens is 3. The zero-order chi connectivity index (χ0) is 30.6. The monoisotopic (exact) mass is 596 g/mol. The first-order valence-corrected chi connectivity index (χ1v) is 14.1. The summed E-state index contributed by atoms with van der Waals surface area (Å²) in [5.74, 6) is -3.10. The van der Waals surface area contributed by atoms with Crippen LogP contribution in [0.25, 0.3) is 11.1 Å². The summed E-state index contributed by atoms with van der Waals surface area (Å²) in [6, 6.07) is 10.3. The SMILES string of the molecule is COC[C@@H](c1cc(F)cc(F)c1)n1c(COC(C)C)nc(O)c(S(=O)(=O)c2ccc(-c3ccncc3C#N)cc2)c1=O. The lowest BCUT2D eigenvalue weighted by atomic mass is 10.0. The Morgan fingerprint density at radius 2 is 1.76 bits per heavy atom. The number of hydrogen-bond acceptors (Lipinski definition) is 9. The van der Waals surface area contributed by atoms with Gasteiger partial charge in [0.2, 0.25) is 15.7 Å². The highest BCUT2D eigenvalue weighted by molar-refractivity contribution is 7.91. The van der Waals surface area contributed by atoms with Gasteiger partial charge in [-0.15, -0.1) is 0 Å². The second kappa shape index (κ2) is 12.6. The van der Waals surface area contributed by atoms with E-state index in [-0.39, 0.29) is 41.2 Å². The molecule has 218 valence electrons. The number of nitriles is 1. The average Bonchev–Trinajstić information content (AvgIpc) is 2.94. The minimum absolute atomic E-state index is 0.0342. The van der Waals surface area contributed by atoms with Crippen LogP contribution in [-0.4, -0.2) is 47.9 Å². The summed E-state index contributed by atoms with van der Waals surface area (Å²) in [4.78, 5) is 20.5. The van der Waals surface area contributed by atoms with Crippen molar-refractivity contribution in [3.8, 4) is 23.1 Å². The van der Waals surface area contributed by atoms with Crippen LogP contribution in [0.15, 0.2) is 75.5 Å². The standard InChI is InChI=1S/C29H26F2N4O6S/c1-17(2)41-16-26-34-28(36)27(29(37)35(26)25(15-40-3)19-10-21(30)12-22(31)11-19)42(38,39)23-6-4-18(5-7-23)24-8-9-33-14-20(24)13-32/h4-12,14,17,25,36H,15-16H2,1-3H3/t25-/m0/s1. The van der Waals surface area contributed by atoms with Crippen LogP contribution in [0.4, 0.5) is 8.78 Å². The fourth-order valence-electron chi connectivity index (χ4n) is 4.36. The van der Waals surface area contributed by atoms with E-state index in [1.54, 1.807) is 19.9 Å². The van der Waals surface area contributed by atoms with Gasteiger partial charge in [0.15, 0.2) is 4.90 Å². The van der Waals surface area contributed by atoms with Crippen molar-refractivity contribution < 1.29 is 31.8 Å². The quantitative estimate of drug-likeness (QED) is 0.285. The summed E-state index contributed by atoms with van der Waals surface area (Å²) < 4.78 is 67.6. The fourth-order valence-corrected chi connectivity index (χ4v) is 5.71. The molecule has 0 fully saturated rings. The molecule has 2 heterocycles. The van der Waals surface area contributed by atoms with Gasteiger partial charge in [-0.1, -0.05) is 12.1 Å². The van der Waals surface area contributed by atoms with Gasteiger partial charge in [0.1, 0.15) is 30.1 Å². The third kappa shape index (κ3) is 6.20. The van der Waals surface area contributed by atoms with Crippen LogP contribution in [0.3, 0.4) is 0 Å². The summed E-state index contributed by atoms with van der Waals surface area (Å²) in [5.41, 5.74) is 0.0781. The highest BCUT2D eigenvalue weighted by atomic mass is 32.2. The van der Waals surface area contributed by atoms with E-state index in [0.717, 1.165) is 16.7 Å². The lowest BCUT2D eigenvalue weighted by Crippen LogP contribution is -2.35. The molecule has 0 unspecified atom stereocenters. The van der Waals surface area contributed by atoms with Gasteiger partial charge in [-0.05, 0) is 55.3 Å². The Balaban J connectivity index is 1.91. The number of halogens is 2. The predicted octanol–water partition coefficient (Wildman–Crippen LogP) is 4.15. The van der Waals surface area contributed by atoms with Crippen molar-refractivity contribution >= 4 is 9.84 Å². The molecule has 0 aliphatic heterocycles. The summed E-state index contributed by atoms with van der Waals surface area (Å²) in [5, 5.41) is 20.1. The van der Waals surface area contributed by atoms with Crippen LogP contribution in [0.1, 0.15) is 36.8 Å². The maximum Gasteiger partial charge on any atom is 0.277 e. The number of nitrogens with zero attached hydrogens (tertiary/aromatic N) is 4. The molecule has 0 radical (unpaired) electrons. The zero-order valence-corrected chi connectivity index (χ0v) is 23.6. The van der Waals surface area contributed by atoms with Crippen molar-refractivity contribution in [1.29, 1.82) is 5.26 Å². The normalized spacial score (nSPS) is 12.3. The molecule has 0 saturated heterocycles. The van der Waals surface area contributed by atoms with E-state index in [1.807, 2.05) is 6.07 Å². The van der Waals surface area contributed by atoms with Crippen molar-refractivity contribution in [2.75, 3.05) is 13.7 Å². The van der Waals surface area contributed by atoms with E-state index in [0.29, 0.717) is 17.2 Å². The Morgan fingerprint density at radius 3 is 2.36 bits per heavy atom. The molecule has 13 heteroatoms. The summed E-state index contributed by atoms with van der Waals surface area (Å²) in [6.07, 6.45) is 2.52. The molecule has 1 atom stereocenters. The van der Waals surface area contributed by atoms with Gasteiger partial charge in [-0.2, -0.15) is 10.2 Å². The maximum atomic E-state index is 14.2. The number of hydrogen-bond donors (Lipinski definition) is 1. The van der Waals surface area contributed by atoms with E-state index in [1.165, 1.54) is 43.8 Å². The number of rotatable bonds is 10. The topological polar surface area (TPSA) is 144 Å². The lowest BCUT2D eigenvalue weighted by Gasteiger charge is -2.24. The molecule has 0 bridgehead atoms. The Hall–Kier alpha value is -4.51. The van der Waals surface area contributed by atoms with Crippen molar-refractivity contribution in [2.24, 2.45) is 0 Å². The number of ether oxygens (including phenoxy) is 2. The van der Waals surface area contributed by atoms with E-state index in [2.05, 4.69) is 9.97 Å². The molecule has 0 aliphatic carbocycles. The van der Waals surface area contributed by atoms with Gasteiger partial charge in [0, 0.05) is 31.1 Å². The minimum atomic E-state index is -4.69. The third-order valence-corrected chi connectivity index (χ3v) is 8.05. The van der Waals surface area contributed by atoms with E-state index in [4.69, 9.17) is 9.47 Å². The molecule has 4 aromatic rings. The number of benzene rings is 2. The molecule has 4 rings (SSSR count). The van der Waals surface area contributed by atoms with Gasteiger partial charge >= 0.3 is 0 Å². The Labute approximate surface area is 240 Å². The number of methoxy groups -OCH3 is 1. The molecule has 2 aromatic carbocycles. The molecule has 0 aliphatic rings.